The van der Waals surface area contributed by atoms with Gasteiger partial charge in [-0.2, -0.15) is 10.2 Å². The van der Waals surface area contributed by atoms with Gasteiger partial charge in [-0.1, -0.05) is 18.2 Å². The van der Waals surface area contributed by atoms with Crippen molar-refractivity contribution in [3.05, 3.63) is 82.8 Å². The van der Waals surface area contributed by atoms with E-state index in [-0.39, 0.29) is 11.5 Å². The number of hydrogen-bond donors (Lipinski definition) is 0. The second-order valence-corrected chi connectivity index (χ2v) is 11.5. The molecule has 220 valence electrons. The van der Waals surface area contributed by atoms with Crippen LogP contribution in [-0.4, -0.2) is 65.8 Å². The van der Waals surface area contributed by atoms with Gasteiger partial charge < -0.3 is 14.4 Å². The Hall–Kier alpha value is -4.54. The van der Waals surface area contributed by atoms with Gasteiger partial charge in [0.05, 0.1) is 31.4 Å². The molecule has 0 N–H and O–H groups in total. The standard InChI is InChI=1S/C31H37N7O4/c1-5-37-20-25(17-34-37)38-14-11-28(39)27(35-38)16-23-7-6-8-24(15-23)29-32-18-26(19-33-29)41-21-22-9-12-36(13-10-22)30(40)42-31(2,3)4/h6-8,11,14-15,17-20,22H,5,9-10,12-13,16,21H2,1-4H3. The van der Waals surface area contributed by atoms with Crippen LogP contribution in [0.15, 0.2) is 66.1 Å². The van der Waals surface area contributed by atoms with Crippen molar-refractivity contribution in [2.45, 2.75) is 59.1 Å². The first-order chi connectivity index (χ1) is 20.2. The van der Waals surface area contributed by atoms with Gasteiger partial charge in [0.1, 0.15) is 17.0 Å². The van der Waals surface area contributed by atoms with Gasteiger partial charge in [-0.05, 0) is 58.1 Å². The summed E-state index contributed by atoms with van der Waals surface area (Å²) in [5, 5.41) is 8.85. The summed E-state index contributed by atoms with van der Waals surface area (Å²) in [6.45, 7) is 10.3. The fourth-order valence-electron chi connectivity index (χ4n) is 4.73. The maximum atomic E-state index is 12.6. The molecule has 0 bridgehead atoms. The highest BCUT2D eigenvalue weighted by atomic mass is 16.6. The van der Waals surface area contributed by atoms with Crippen molar-refractivity contribution in [3.8, 4) is 22.8 Å². The number of benzene rings is 1. The number of nitrogens with zero attached hydrogens (tertiary/aromatic N) is 7. The maximum absolute atomic E-state index is 12.6. The number of likely N-dealkylation sites (tertiary alicyclic amines) is 1. The molecule has 1 aliphatic heterocycles. The van der Waals surface area contributed by atoms with Crippen LogP contribution in [0.4, 0.5) is 4.79 Å². The molecule has 1 aromatic carbocycles. The second-order valence-electron chi connectivity index (χ2n) is 11.5. The summed E-state index contributed by atoms with van der Waals surface area (Å²) in [4.78, 5) is 35.7. The van der Waals surface area contributed by atoms with E-state index < -0.39 is 5.60 Å². The van der Waals surface area contributed by atoms with E-state index in [2.05, 4.69) is 20.2 Å². The van der Waals surface area contributed by atoms with Crippen LogP contribution in [0.3, 0.4) is 0 Å². The molecule has 3 aromatic heterocycles. The zero-order valence-electron chi connectivity index (χ0n) is 24.6. The summed E-state index contributed by atoms with van der Waals surface area (Å²) >= 11 is 0. The number of hydrogen-bond acceptors (Lipinski definition) is 8. The fourth-order valence-corrected chi connectivity index (χ4v) is 4.73. The van der Waals surface area contributed by atoms with E-state index in [9.17, 15) is 9.59 Å². The lowest BCUT2D eigenvalue weighted by Gasteiger charge is -2.33. The summed E-state index contributed by atoms with van der Waals surface area (Å²) in [6, 6.07) is 9.33. The monoisotopic (exact) mass is 571 g/mol. The van der Waals surface area contributed by atoms with Crippen molar-refractivity contribution in [1.82, 2.24) is 34.4 Å². The fraction of sp³-hybridized carbons (Fsp3) is 0.419. The minimum Gasteiger partial charge on any atom is -0.490 e. The number of carbonyl (C=O) groups excluding carboxylic acids is 1. The van der Waals surface area contributed by atoms with Crippen LogP contribution in [0, 0.1) is 5.92 Å². The van der Waals surface area contributed by atoms with Crippen molar-refractivity contribution >= 4 is 6.09 Å². The number of amides is 1. The van der Waals surface area contributed by atoms with Crippen molar-refractivity contribution in [2.75, 3.05) is 19.7 Å². The Kier molecular flexibility index (Phi) is 8.65. The van der Waals surface area contributed by atoms with Crippen LogP contribution in [0.5, 0.6) is 5.75 Å². The van der Waals surface area contributed by atoms with E-state index in [0.717, 1.165) is 36.2 Å². The van der Waals surface area contributed by atoms with Crippen molar-refractivity contribution < 1.29 is 14.3 Å². The Morgan fingerprint density at radius 2 is 1.83 bits per heavy atom. The normalized spacial score (nSPS) is 14.1. The molecule has 11 heteroatoms. The number of piperidine rings is 1. The van der Waals surface area contributed by atoms with Crippen LogP contribution in [-0.2, 0) is 17.7 Å². The zero-order chi connectivity index (χ0) is 29.7. The maximum Gasteiger partial charge on any atom is 0.410 e. The SMILES string of the molecule is CCn1cc(-n2ccc(=O)c(Cc3cccc(-c4ncc(OCC5CCN(C(=O)OC(C)(C)C)CC5)cn4)c3)n2)cn1. The quantitative estimate of drug-likeness (QED) is 0.303. The minimum absolute atomic E-state index is 0.118. The first-order valence-electron chi connectivity index (χ1n) is 14.3. The highest BCUT2D eigenvalue weighted by Crippen LogP contribution is 2.23. The molecule has 0 saturated carbocycles. The number of aryl methyl sites for hydroxylation is 1. The predicted octanol–water partition coefficient (Wildman–Crippen LogP) is 4.52. The number of carbonyl (C=O) groups is 1. The third kappa shape index (κ3) is 7.39. The molecule has 4 heterocycles. The van der Waals surface area contributed by atoms with Crippen LogP contribution in [0.2, 0.25) is 0 Å². The van der Waals surface area contributed by atoms with Crippen molar-refractivity contribution in [1.29, 1.82) is 0 Å². The first-order valence-corrected chi connectivity index (χ1v) is 14.3. The summed E-state index contributed by atoms with van der Waals surface area (Å²) in [7, 11) is 0. The van der Waals surface area contributed by atoms with E-state index in [1.54, 1.807) is 34.4 Å². The number of ether oxygens (including phenoxy) is 2. The predicted molar refractivity (Wildman–Crippen MR) is 158 cm³/mol. The van der Waals surface area contributed by atoms with E-state index in [1.807, 2.05) is 62.8 Å². The molecule has 0 spiro atoms. The second kappa shape index (κ2) is 12.5. The molecule has 0 unspecified atom stereocenters. The van der Waals surface area contributed by atoms with Gasteiger partial charge in [0.15, 0.2) is 11.6 Å². The van der Waals surface area contributed by atoms with Crippen molar-refractivity contribution in [3.63, 3.8) is 0 Å². The summed E-state index contributed by atoms with van der Waals surface area (Å²) in [6.07, 6.45) is 10.5. The lowest BCUT2D eigenvalue weighted by atomic mass is 9.98. The van der Waals surface area contributed by atoms with Crippen LogP contribution < -0.4 is 10.2 Å². The Bertz CT molecular complexity index is 1570. The molecule has 1 aliphatic rings. The molecular weight excluding hydrogens is 534 g/mol. The highest BCUT2D eigenvalue weighted by Gasteiger charge is 2.27. The highest BCUT2D eigenvalue weighted by molar-refractivity contribution is 5.68. The topological polar surface area (TPSA) is 117 Å². The largest absolute Gasteiger partial charge is 0.490 e. The van der Waals surface area contributed by atoms with E-state index in [0.29, 0.717) is 49.3 Å². The van der Waals surface area contributed by atoms with Crippen LogP contribution in [0.1, 0.15) is 51.8 Å². The van der Waals surface area contributed by atoms with Gasteiger partial charge >= 0.3 is 6.09 Å². The van der Waals surface area contributed by atoms with Gasteiger partial charge in [0.2, 0.25) is 5.43 Å². The van der Waals surface area contributed by atoms with E-state index in [4.69, 9.17) is 9.47 Å². The molecule has 1 saturated heterocycles. The molecule has 1 fully saturated rings. The van der Waals surface area contributed by atoms with E-state index in [1.165, 1.54) is 6.07 Å². The average molecular weight is 572 g/mol. The molecule has 4 aromatic rings. The lowest BCUT2D eigenvalue weighted by molar-refractivity contribution is 0.0165. The lowest BCUT2D eigenvalue weighted by Crippen LogP contribution is -2.42. The Morgan fingerprint density at radius 1 is 1.07 bits per heavy atom. The summed E-state index contributed by atoms with van der Waals surface area (Å²) in [5.74, 6) is 1.52. The van der Waals surface area contributed by atoms with Crippen molar-refractivity contribution in [2.24, 2.45) is 5.92 Å². The minimum atomic E-state index is -0.492. The molecule has 0 radical (unpaired) electrons. The molecule has 42 heavy (non-hydrogen) atoms. The van der Waals surface area contributed by atoms with E-state index >= 15 is 0 Å². The van der Waals surface area contributed by atoms with Gasteiger partial charge in [-0.15, -0.1) is 0 Å². The summed E-state index contributed by atoms with van der Waals surface area (Å²) in [5.41, 5.74) is 2.41. The van der Waals surface area contributed by atoms with Gasteiger partial charge in [-0.25, -0.2) is 19.4 Å². The molecule has 11 nitrogen and oxygen atoms in total. The smallest absolute Gasteiger partial charge is 0.410 e. The molecule has 5 rings (SSSR count). The molecular formula is C31H37N7O4. The zero-order valence-corrected chi connectivity index (χ0v) is 24.6. The first kappa shape index (κ1) is 29.0. The summed E-state index contributed by atoms with van der Waals surface area (Å²) < 4.78 is 14.9. The Labute approximate surface area is 245 Å². The molecule has 0 aliphatic carbocycles. The third-order valence-electron chi connectivity index (χ3n) is 7.02. The molecule has 0 atom stereocenters. The van der Waals surface area contributed by atoms with Gasteiger partial charge in [0.25, 0.3) is 0 Å². The Balaban J connectivity index is 1.17. The van der Waals surface area contributed by atoms with Crippen LogP contribution >= 0.6 is 0 Å². The molecule has 1 amide bonds. The Morgan fingerprint density at radius 3 is 2.52 bits per heavy atom. The third-order valence-corrected chi connectivity index (χ3v) is 7.02. The number of rotatable bonds is 8. The number of aromatic nitrogens is 6. The van der Waals surface area contributed by atoms with Gasteiger partial charge in [-0.3, -0.25) is 9.48 Å². The van der Waals surface area contributed by atoms with Gasteiger partial charge in [0, 0.05) is 43.9 Å². The average Bonchev–Trinajstić information content (AvgIpc) is 3.47. The van der Waals surface area contributed by atoms with Crippen LogP contribution in [0.25, 0.3) is 17.1 Å².